The zero-order valence-electron chi connectivity index (χ0n) is 33.1. The quantitative estimate of drug-likeness (QED) is 0.169. The van der Waals surface area contributed by atoms with Crippen LogP contribution in [0.5, 0.6) is 0 Å². The minimum Gasteiger partial charge on any atom is -0.309 e. The maximum absolute atomic E-state index is 9.95. The first-order valence-corrected chi connectivity index (χ1v) is 20.2. The molecule has 1 aliphatic rings. The van der Waals surface area contributed by atoms with Gasteiger partial charge in [-0.25, -0.2) is 15.0 Å². The Hall–Kier alpha value is -7.94. The van der Waals surface area contributed by atoms with Crippen molar-refractivity contribution < 1.29 is 0 Å². The molecule has 60 heavy (non-hydrogen) atoms. The van der Waals surface area contributed by atoms with E-state index in [0.29, 0.717) is 23.0 Å². The Morgan fingerprint density at radius 1 is 0.417 bits per heavy atom. The average molecular weight is 768 g/mol. The molecule has 282 valence electrons. The van der Waals surface area contributed by atoms with Crippen molar-refractivity contribution in [1.29, 1.82) is 5.26 Å². The lowest BCUT2D eigenvalue weighted by Crippen LogP contribution is -2.15. The fourth-order valence-corrected chi connectivity index (χ4v) is 9.04. The number of fused-ring (bicyclic) bond motifs is 6. The van der Waals surface area contributed by atoms with Crippen molar-refractivity contribution in [2.24, 2.45) is 0 Å². The fraction of sp³-hybridized carbons (Fsp3) is 0.0545. The van der Waals surface area contributed by atoms with E-state index in [1.807, 2.05) is 54.6 Å². The Bertz CT molecular complexity index is 3340. The molecule has 0 radical (unpaired) electrons. The lowest BCUT2D eigenvalue weighted by molar-refractivity contribution is 0.661. The second-order valence-electron chi connectivity index (χ2n) is 16.0. The number of aromatic nitrogens is 4. The topological polar surface area (TPSA) is 67.4 Å². The summed E-state index contributed by atoms with van der Waals surface area (Å²) < 4.78 is 2.38. The van der Waals surface area contributed by atoms with E-state index in [0.717, 1.165) is 55.7 Å². The van der Waals surface area contributed by atoms with Gasteiger partial charge < -0.3 is 4.57 Å². The van der Waals surface area contributed by atoms with Crippen LogP contribution in [0, 0.1) is 11.3 Å². The van der Waals surface area contributed by atoms with Gasteiger partial charge in [-0.15, -0.1) is 0 Å². The van der Waals surface area contributed by atoms with Crippen LogP contribution in [0.2, 0.25) is 0 Å². The predicted molar refractivity (Wildman–Crippen MR) is 244 cm³/mol. The zero-order chi connectivity index (χ0) is 40.4. The Labute approximate surface area is 348 Å². The van der Waals surface area contributed by atoms with Crippen LogP contribution in [0.15, 0.2) is 188 Å². The number of rotatable bonds is 6. The van der Waals surface area contributed by atoms with Gasteiger partial charge in [0.25, 0.3) is 0 Å². The molecule has 2 heterocycles. The molecule has 1 aliphatic carbocycles. The van der Waals surface area contributed by atoms with Crippen LogP contribution in [-0.2, 0) is 5.41 Å². The largest absolute Gasteiger partial charge is 0.309 e. The SMILES string of the molecule is CC1(C)c2ccccc2-c2cc3c4ccccc4n(-c4cc(-c5cccc(C#N)c5)cc(-c5nc(-c6ccccc6)nc(-c6ccc(-c7ccccc7)cc6)n5)c4)c3cc21. The molecule has 0 amide bonds. The standard InChI is InChI=1S/C55H37N5/c1-55(2)48-22-11-9-20-44(48)46-32-47-45-21-10-12-23-50(45)60(51(47)33-49(46)55)43-30-41(40-19-13-14-35(28-40)34-56)29-42(31-43)54-58-52(38-17-7-4-8-18-38)57-53(59-54)39-26-24-37(25-27-39)36-15-5-3-6-16-36/h3-33H,1-2H3. The molecule has 0 spiro atoms. The Balaban J connectivity index is 1.16. The fourth-order valence-electron chi connectivity index (χ4n) is 9.04. The molecule has 0 N–H and O–H groups in total. The van der Waals surface area contributed by atoms with Gasteiger partial charge in [-0.3, -0.25) is 0 Å². The van der Waals surface area contributed by atoms with Crippen LogP contribution < -0.4 is 0 Å². The third kappa shape index (κ3) is 5.81. The third-order valence-electron chi connectivity index (χ3n) is 12.1. The van der Waals surface area contributed by atoms with Crippen LogP contribution in [0.4, 0.5) is 0 Å². The number of benzene rings is 8. The van der Waals surface area contributed by atoms with Gasteiger partial charge in [-0.2, -0.15) is 5.26 Å². The lowest BCUT2D eigenvalue weighted by atomic mass is 9.82. The summed E-state index contributed by atoms with van der Waals surface area (Å²) >= 11 is 0. The molecule has 0 aliphatic heterocycles. The van der Waals surface area contributed by atoms with Crippen LogP contribution >= 0.6 is 0 Å². The van der Waals surface area contributed by atoms with Crippen LogP contribution in [0.3, 0.4) is 0 Å². The molecular formula is C55H37N5. The van der Waals surface area contributed by atoms with Crippen molar-refractivity contribution in [1.82, 2.24) is 19.5 Å². The number of hydrogen-bond acceptors (Lipinski definition) is 4. The normalized spacial score (nSPS) is 12.6. The first-order valence-electron chi connectivity index (χ1n) is 20.2. The molecule has 0 bridgehead atoms. The third-order valence-corrected chi connectivity index (χ3v) is 12.1. The summed E-state index contributed by atoms with van der Waals surface area (Å²) in [6.07, 6.45) is 0. The van der Waals surface area contributed by atoms with Crippen LogP contribution in [-0.4, -0.2) is 19.5 Å². The van der Waals surface area contributed by atoms with Crippen molar-refractivity contribution in [3.63, 3.8) is 0 Å². The summed E-state index contributed by atoms with van der Waals surface area (Å²) in [5.74, 6) is 1.74. The van der Waals surface area contributed by atoms with E-state index in [-0.39, 0.29) is 5.41 Å². The molecule has 5 nitrogen and oxygen atoms in total. The van der Waals surface area contributed by atoms with E-state index in [1.54, 1.807) is 0 Å². The Morgan fingerprint density at radius 3 is 1.75 bits per heavy atom. The predicted octanol–water partition coefficient (Wildman–Crippen LogP) is 13.5. The summed E-state index contributed by atoms with van der Waals surface area (Å²) in [6, 6.07) is 67.8. The van der Waals surface area contributed by atoms with E-state index < -0.39 is 0 Å². The minimum atomic E-state index is -0.166. The Kier molecular flexibility index (Phi) is 8.14. The molecule has 0 unspecified atom stereocenters. The summed E-state index contributed by atoms with van der Waals surface area (Å²) in [6.45, 7) is 4.66. The molecule has 2 aromatic heterocycles. The van der Waals surface area contributed by atoms with Gasteiger partial charge in [0, 0.05) is 38.6 Å². The number of nitriles is 1. The monoisotopic (exact) mass is 767 g/mol. The van der Waals surface area contributed by atoms with Gasteiger partial charge in [0.05, 0.1) is 22.7 Å². The summed E-state index contributed by atoms with van der Waals surface area (Å²) in [4.78, 5) is 15.5. The van der Waals surface area contributed by atoms with Crippen molar-refractivity contribution in [2.75, 3.05) is 0 Å². The second-order valence-corrected chi connectivity index (χ2v) is 16.0. The molecule has 0 saturated carbocycles. The highest BCUT2D eigenvalue weighted by Crippen LogP contribution is 2.51. The lowest BCUT2D eigenvalue weighted by Gasteiger charge is -2.22. The molecule has 11 rings (SSSR count). The Morgan fingerprint density at radius 2 is 1.00 bits per heavy atom. The van der Waals surface area contributed by atoms with Gasteiger partial charge in [-0.05, 0) is 93.0 Å². The molecular weight excluding hydrogens is 731 g/mol. The van der Waals surface area contributed by atoms with Crippen molar-refractivity contribution in [2.45, 2.75) is 19.3 Å². The van der Waals surface area contributed by atoms with Crippen LogP contribution in [0.1, 0.15) is 30.5 Å². The molecule has 5 heteroatoms. The minimum absolute atomic E-state index is 0.166. The first-order chi connectivity index (χ1) is 29.4. The maximum atomic E-state index is 9.95. The van der Waals surface area contributed by atoms with Gasteiger partial charge in [-0.1, -0.05) is 153 Å². The first kappa shape index (κ1) is 35.2. The summed E-state index contributed by atoms with van der Waals surface area (Å²) in [5.41, 5.74) is 15.7. The van der Waals surface area contributed by atoms with Gasteiger partial charge in [0.15, 0.2) is 17.5 Å². The molecule has 8 aromatic carbocycles. The second kappa shape index (κ2) is 13.9. The molecule has 0 saturated heterocycles. The molecule has 0 fully saturated rings. The molecule has 10 aromatic rings. The highest BCUT2D eigenvalue weighted by atomic mass is 15.0. The number of para-hydroxylation sites is 1. The van der Waals surface area contributed by atoms with Gasteiger partial charge >= 0.3 is 0 Å². The van der Waals surface area contributed by atoms with E-state index in [1.165, 1.54) is 33.0 Å². The summed E-state index contributed by atoms with van der Waals surface area (Å²) in [5, 5.41) is 12.3. The van der Waals surface area contributed by atoms with Crippen LogP contribution in [0.25, 0.3) is 95.0 Å². The highest BCUT2D eigenvalue weighted by molar-refractivity contribution is 6.11. The van der Waals surface area contributed by atoms with Crippen molar-refractivity contribution >= 4 is 21.8 Å². The smallest absolute Gasteiger partial charge is 0.164 e. The summed E-state index contributed by atoms with van der Waals surface area (Å²) in [7, 11) is 0. The van der Waals surface area contributed by atoms with Gasteiger partial charge in [0.1, 0.15) is 0 Å². The van der Waals surface area contributed by atoms with Crippen molar-refractivity contribution in [3.8, 4) is 79.3 Å². The molecule has 0 atom stereocenters. The van der Waals surface area contributed by atoms with E-state index in [9.17, 15) is 5.26 Å². The van der Waals surface area contributed by atoms with E-state index >= 15 is 0 Å². The highest BCUT2D eigenvalue weighted by Gasteiger charge is 2.36. The van der Waals surface area contributed by atoms with Gasteiger partial charge in [0.2, 0.25) is 0 Å². The average Bonchev–Trinajstić information content (AvgIpc) is 3.76. The zero-order valence-corrected chi connectivity index (χ0v) is 33.1. The number of hydrogen-bond donors (Lipinski definition) is 0. The van der Waals surface area contributed by atoms with E-state index in [4.69, 9.17) is 15.0 Å². The number of nitrogens with zero attached hydrogens (tertiary/aromatic N) is 5. The van der Waals surface area contributed by atoms with Crippen molar-refractivity contribution in [3.05, 3.63) is 205 Å². The maximum Gasteiger partial charge on any atom is 0.164 e. The van der Waals surface area contributed by atoms with E-state index in [2.05, 4.69) is 158 Å².